The molecule has 0 unspecified atom stereocenters. The third-order valence-electron chi connectivity index (χ3n) is 5.63. The number of allylic oxidation sites excluding steroid dienone is 2. The molecular formula is C28H46O3. The lowest BCUT2D eigenvalue weighted by molar-refractivity contribution is -0.134. The molecule has 0 amide bonds. The van der Waals surface area contributed by atoms with Gasteiger partial charge in [-0.1, -0.05) is 89.9 Å². The van der Waals surface area contributed by atoms with Crippen LogP contribution in [0.3, 0.4) is 0 Å². The molecule has 0 atom stereocenters. The molecule has 1 aromatic rings. The molecule has 0 N–H and O–H groups in total. The summed E-state index contributed by atoms with van der Waals surface area (Å²) in [6.07, 6.45) is 23.6. The van der Waals surface area contributed by atoms with E-state index < -0.39 is 0 Å². The van der Waals surface area contributed by atoms with Crippen LogP contribution in [0.25, 0.3) is 0 Å². The van der Waals surface area contributed by atoms with Gasteiger partial charge in [0.1, 0.15) is 0 Å². The minimum Gasteiger partial charge on any atom is -0.493 e. The van der Waals surface area contributed by atoms with E-state index in [0.717, 1.165) is 25.7 Å². The quantitative estimate of drug-likeness (QED) is 0.0953. The summed E-state index contributed by atoms with van der Waals surface area (Å²) in [5, 5.41) is 0. The Morgan fingerprint density at radius 3 is 2.00 bits per heavy atom. The number of benzene rings is 1. The second-order valence-corrected chi connectivity index (χ2v) is 8.54. The first-order valence-electron chi connectivity index (χ1n) is 12.7. The summed E-state index contributed by atoms with van der Waals surface area (Å²) in [5.74, 6) is 1.00. The van der Waals surface area contributed by atoms with Crippen molar-refractivity contribution in [3.63, 3.8) is 0 Å². The second kappa shape index (κ2) is 19.0. The van der Waals surface area contributed by atoms with E-state index in [1.807, 2.05) is 18.2 Å². The summed E-state index contributed by atoms with van der Waals surface area (Å²) < 4.78 is 10.9. The summed E-state index contributed by atoms with van der Waals surface area (Å²) in [5.41, 5.74) is 1.21. The smallest absolute Gasteiger partial charge is 0.311 e. The maximum absolute atomic E-state index is 12.1. The molecule has 1 rings (SSSR count). The lowest BCUT2D eigenvalue weighted by Gasteiger charge is -2.11. The van der Waals surface area contributed by atoms with E-state index in [9.17, 15) is 4.79 Å². The minimum atomic E-state index is -0.167. The number of unbranched alkanes of at least 4 members (excludes halogenated alkanes) is 11. The zero-order valence-electron chi connectivity index (χ0n) is 20.4. The molecule has 0 heterocycles. The molecule has 1 aromatic carbocycles. The SMILES string of the molecule is CCCCCCCC/C=C\CCCCCCCC(=O)Oc1ccc(CCC)cc1OC. The van der Waals surface area contributed by atoms with Gasteiger partial charge in [0.2, 0.25) is 0 Å². The van der Waals surface area contributed by atoms with Crippen molar-refractivity contribution in [2.45, 2.75) is 117 Å². The van der Waals surface area contributed by atoms with Crippen LogP contribution in [-0.2, 0) is 11.2 Å². The number of hydrogen-bond acceptors (Lipinski definition) is 3. The van der Waals surface area contributed by atoms with Crippen LogP contribution in [0.1, 0.15) is 116 Å². The summed E-state index contributed by atoms with van der Waals surface area (Å²) in [7, 11) is 1.62. The average molecular weight is 431 g/mol. The first-order valence-corrected chi connectivity index (χ1v) is 12.7. The van der Waals surface area contributed by atoms with Gasteiger partial charge in [0.15, 0.2) is 11.5 Å². The summed E-state index contributed by atoms with van der Waals surface area (Å²) in [6.45, 7) is 4.41. The molecule has 0 aliphatic rings. The first-order chi connectivity index (χ1) is 15.2. The zero-order valence-corrected chi connectivity index (χ0v) is 20.4. The lowest BCUT2D eigenvalue weighted by Crippen LogP contribution is -2.08. The predicted molar refractivity (Wildman–Crippen MR) is 132 cm³/mol. The zero-order chi connectivity index (χ0) is 22.6. The molecule has 176 valence electrons. The van der Waals surface area contributed by atoms with Crippen LogP contribution in [0, 0.1) is 0 Å². The number of aryl methyl sites for hydroxylation is 1. The lowest BCUT2D eigenvalue weighted by atomic mass is 10.1. The highest BCUT2D eigenvalue weighted by molar-refractivity contribution is 5.73. The fourth-order valence-electron chi connectivity index (χ4n) is 3.75. The fraction of sp³-hybridized carbons (Fsp3) is 0.679. The molecule has 3 heteroatoms. The number of carbonyl (C=O) groups is 1. The Labute approximate surface area is 191 Å². The molecule has 0 saturated heterocycles. The Kier molecular flexibility index (Phi) is 16.7. The van der Waals surface area contributed by atoms with Gasteiger partial charge in [-0.25, -0.2) is 0 Å². The molecular weight excluding hydrogens is 384 g/mol. The van der Waals surface area contributed by atoms with E-state index >= 15 is 0 Å². The topological polar surface area (TPSA) is 35.5 Å². The third-order valence-corrected chi connectivity index (χ3v) is 5.63. The molecule has 3 nitrogen and oxygen atoms in total. The normalized spacial score (nSPS) is 11.2. The average Bonchev–Trinajstić information content (AvgIpc) is 2.77. The largest absolute Gasteiger partial charge is 0.493 e. The monoisotopic (exact) mass is 430 g/mol. The molecule has 0 radical (unpaired) electrons. The van der Waals surface area contributed by atoms with Crippen LogP contribution < -0.4 is 9.47 Å². The van der Waals surface area contributed by atoms with Gasteiger partial charge in [0, 0.05) is 6.42 Å². The van der Waals surface area contributed by atoms with Crippen LogP contribution in [0.5, 0.6) is 11.5 Å². The molecule has 0 fully saturated rings. The molecule has 0 aromatic heterocycles. The van der Waals surface area contributed by atoms with Crippen molar-refractivity contribution >= 4 is 5.97 Å². The number of hydrogen-bond donors (Lipinski definition) is 0. The van der Waals surface area contributed by atoms with Crippen molar-refractivity contribution in [1.82, 2.24) is 0 Å². The Hall–Kier alpha value is -1.77. The molecule has 0 aliphatic heterocycles. The van der Waals surface area contributed by atoms with Crippen LogP contribution in [0.4, 0.5) is 0 Å². The standard InChI is InChI=1S/C28H46O3/c1-4-6-7-8-9-10-11-12-13-14-15-16-17-18-19-21-28(29)31-26-23-22-25(20-5-2)24-27(26)30-3/h12-13,22-24H,4-11,14-21H2,1-3H3/b13-12-. The van der Waals surface area contributed by atoms with Crippen LogP contribution in [0.2, 0.25) is 0 Å². The van der Waals surface area contributed by atoms with Gasteiger partial charge in [-0.05, 0) is 56.2 Å². The Morgan fingerprint density at radius 1 is 0.774 bits per heavy atom. The van der Waals surface area contributed by atoms with Crippen LogP contribution >= 0.6 is 0 Å². The van der Waals surface area contributed by atoms with Crippen molar-refractivity contribution in [3.05, 3.63) is 35.9 Å². The van der Waals surface area contributed by atoms with Gasteiger partial charge >= 0.3 is 5.97 Å². The first kappa shape index (κ1) is 27.3. The van der Waals surface area contributed by atoms with Crippen molar-refractivity contribution in [3.8, 4) is 11.5 Å². The second-order valence-electron chi connectivity index (χ2n) is 8.54. The van der Waals surface area contributed by atoms with E-state index in [2.05, 4.69) is 26.0 Å². The maximum atomic E-state index is 12.1. The number of methoxy groups -OCH3 is 1. The van der Waals surface area contributed by atoms with Crippen LogP contribution in [-0.4, -0.2) is 13.1 Å². The minimum absolute atomic E-state index is 0.167. The number of esters is 1. The van der Waals surface area contributed by atoms with Crippen molar-refractivity contribution in [2.75, 3.05) is 7.11 Å². The van der Waals surface area contributed by atoms with Crippen molar-refractivity contribution in [1.29, 1.82) is 0 Å². The number of rotatable bonds is 19. The van der Waals surface area contributed by atoms with Crippen LogP contribution in [0.15, 0.2) is 30.4 Å². The third kappa shape index (κ3) is 14.0. The summed E-state index contributed by atoms with van der Waals surface area (Å²) in [6, 6.07) is 5.83. The van der Waals surface area contributed by atoms with Gasteiger partial charge in [-0.2, -0.15) is 0 Å². The number of ether oxygens (including phenoxy) is 2. The highest BCUT2D eigenvalue weighted by Crippen LogP contribution is 2.29. The Balaban J connectivity index is 2.03. The summed E-state index contributed by atoms with van der Waals surface area (Å²) in [4.78, 5) is 12.1. The van der Waals surface area contributed by atoms with Gasteiger partial charge in [-0.15, -0.1) is 0 Å². The Bertz CT molecular complexity index is 606. The molecule has 0 bridgehead atoms. The van der Waals surface area contributed by atoms with E-state index in [0.29, 0.717) is 17.9 Å². The van der Waals surface area contributed by atoms with Gasteiger partial charge in [0.25, 0.3) is 0 Å². The highest BCUT2D eigenvalue weighted by Gasteiger charge is 2.10. The van der Waals surface area contributed by atoms with E-state index in [1.54, 1.807) is 7.11 Å². The number of carbonyl (C=O) groups excluding carboxylic acids is 1. The van der Waals surface area contributed by atoms with E-state index in [4.69, 9.17) is 9.47 Å². The predicted octanol–water partition coefficient (Wildman–Crippen LogP) is 8.59. The van der Waals surface area contributed by atoms with Gasteiger partial charge < -0.3 is 9.47 Å². The van der Waals surface area contributed by atoms with E-state index in [1.165, 1.54) is 76.2 Å². The summed E-state index contributed by atoms with van der Waals surface area (Å²) >= 11 is 0. The maximum Gasteiger partial charge on any atom is 0.311 e. The molecule has 0 spiro atoms. The molecule has 31 heavy (non-hydrogen) atoms. The molecule has 0 aliphatic carbocycles. The van der Waals surface area contributed by atoms with Crippen molar-refractivity contribution in [2.24, 2.45) is 0 Å². The van der Waals surface area contributed by atoms with Crippen molar-refractivity contribution < 1.29 is 14.3 Å². The van der Waals surface area contributed by atoms with E-state index in [-0.39, 0.29) is 5.97 Å². The Morgan fingerprint density at radius 2 is 1.39 bits per heavy atom. The molecule has 0 saturated carbocycles. The fourth-order valence-corrected chi connectivity index (χ4v) is 3.75. The van der Waals surface area contributed by atoms with Gasteiger partial charge in [0.05, 0.1) is 7.11 Å². The highest BCUT2D eigenvalue weighted by atomic mass is 16.6. The van der Waals surface area contributed by atoms with Gasteiger partial charge in [-0.3, -0.25) is 4.79 Å².